The molecule has 1 aliphatic heterocycles. The molecule has 0 radical (unpaired) electrons. The molecular weight excluding hydrogens is 357 g/mol. The van der Waals surface area contributed by atoms with E-state index in [1.54, 1.807) is 13.0 Å². The van der Waals surface area contributed by atoms with Crippen molar-refractivity contribution in [2.45, 2.75) is 45.3 Å². The number of hydrogen-bond acceptors (Lipinski definition) is 3. The number of ether oxygens (including phenoxy) is 1. The first-order valence-corrected chi connectivity index (χ1v) is 9.79. The van der Waals surface area contributed by atoms with Crippen molar-refractivity contribution in [1.29, 1.82) is 0 Å². The van der Waals surface area contributed by atoms with E-state index in [0.717, 1.165) is 17.7 Å². The second-order valence-electron chi connectivity index (χ2n) is 7.80. The fourth-order valence-electron chi connectivity index (χ4n) is 4.19. The third kappa shape index (κ3) is 2.93. The maximum absolute atomic E-state index is 13.6. The number of imidazole rings is 1. The van der Waals surface area contributed by atoms with E-state index >= 15 is 0 Å². The zero-order valence-electron chi connectivity index (χ0n) is 15.7. The number of aryl methyl sites for hydroxylation is 1. The highest BCUT2D eigenvalue weighted by atomic mass is 19.1. The number of aromatic nitrogens is 2. The van der Waals surface area contributed by atoms with Gasteiger partial charge in [0.2, 0.25) is 0 Å². The summed E-state index contributed by atoms with van der Waals surface area (Å²) in [5.74, 6) is 0.993. The number of nitrogens with zero attached hydrogens (tertiary/aromatic N) is 2. The molecule has 1 amide bonds. The standard InChI is InChI=1S/C22H22FN3O2/c1-13-21(26-12-17(23)6-8-20(26)25-13)22(27)24-11-14-5-7-18-16(9-14)10-19(28-18)15-3-2-4-15/h5-9,12,15,19H,2-4,10-11H2,1H3,(H,24,27). The minimum atomic E-state index is -0.404. The van der Waals surface area contributed by atoms with E-state index < -0.39 is 5.82 Å². The van der Waals surface area contributed by atoms with Crippen molar-refractivity contribution in [3.05, 3.63) is 64.9 Å². The smallest absolute Gasteiger partial charge is 0.270 e. The van der Waals surface area contributed by atoms with Crippen molar-refractivity contribution in [3.8, 4) is 5.75 Å². The van der Waals surface area contributed by atoms with Crippen LogP contribution in [0, 0.1) is 18.7 Å². The molecular formula is C22H22FN3O2. The molecule has 0 bridgehead atoms. The van der Waals surface area contributed by atoms with Crippen LogP contribution in [0.3, 0.4) is 0 Å². The van der Waals surface area contributed by atoms with Gasteiger partial charge in [-0.05, 0) is 55.0 Å². The van der Waals surface area contributed by atoms with Crippen molar-refractivity contribution in [2.75, 3.05) is 0 Å². The molecule has 6 heteroatoms. The van der Waals surface area contributed by atoms with E-state index in [4.69, 9.17) is 4.74 Å². The number of nitrogens with one attached hydrogen (secondary N) is 1. The summed E-state index contributed by atoms with van der Waals surface area (Å²) in [7, 11) is 0. The van der Waals surface area contributed by atoms with Gasteiger partial charge in [-0.25, -0.2) is 9.37 Å². The van der Waals surface area contributed by atoms with Crippen LogP contribution in [0.1, 0.15) is 46.6 Å². The second kappa shape index (κ2) is 6.62. The van der Waals surface area contributed by atoms with Crippen LogP contribution in [0.15, 0.2) is 36.5 Å². The van der Waals surface area contributed by atoms with E-state index in [9.17, 15) is 9.18 Å². The van der Waals surface area contributed by atoms with Crippen LogP contribution < -0.4 is 10.1 Å². The van der Waals surface area contributed by atoms with Gasteiger partial charge in [0.05, 0.1) is 5.69 Å². The van der Waals surface area contributed by atoms with Gasteiger partial charge in [0.25, 0.3) is 5.91 Å². The average Bonchev–Trinajstić information content (AvgIpc) is 3.17. The van der Waals surface area contributed by atoms with Crippen molar-refractivity contribution in [3.63, 3.8) is 0 Å². The van der Waals surface area contributed by atoms with Crippen LogP contribution in [-0.2, 0) is 13.0 Å². The molecule has 1 unspecified atom stereocenters. The lowest BCUT2D eigenvalue weighted by atomic mass is 9.80. The molecule has 144 valence electrons. The van der Waals surface area contributed by atoms with Gasteiger partial charge in [0.1, 0.15) is 29.0 Å². The SMILES string of the molecule is Cc1nc2ccc(F)cn2c1C(=O)NCc1ccc2c(c1)CC(C1CCC1)O2. The predicted octanol–water partition coefficient (Wildman–Crippen LogP) is 3.82. The van der Waals surface area contributed by atoms with Crippen LogP contribution in [0.4, 0.5) is 4.39 Å². The Bertz CT molecular complexity index is 1070. The van der Waals surface area contributed by atoms with Gasteiger partial charge >= 0.3 is 0 Å². The summed E-state index contributed by atoms with van der Waals surface area (Å²) in [5, 5.41) is 2.94. The minimum absolute atomic E-state index is 0.264. The highest BCUT2D eigenvalue weighted by molar-refractivity contribution is 5.94. The van der Waals surface area contributed by atoms with Crippen molar-refractivity contribution >= 4 is 11.6 Å². The third-order valence-electron chi connectivity index (χ3n) is 5.92. The number of carbonyl (C=O) groups excluding carboxylic acids is 1. The minimum Gasteiger partial charge on any atom is -0.490 e. The van der Waals surface area contributed by atoms with Crippen LogP contribution in [0.5, 0.6) is 5.75 Å². The Hall–Kier alpha value is -2.89. The third-order valence-corrected chi connectivity index (χ3v) is 5.92. The van der Waals surface area contributed by atoms with E-state index in [1.165, 1.54) is 41.5 Å². The van der Waals surface area contributed by atoms with Crippen molar-refractivity contribution < 1.29 is 13.9 Å². The molecule has 3 heterocycles. The average molecular weight is 379 g/mol. The predicted molar refractivity (Wildman–Crippen MR) is 103 cm³/mol. The molecule has 5 rings (SSSR count). The molecule has 3 aromatic rings. The molecule has 0 spiro atoms. The quantitative estimate of drug-likeness (QED) is 0.750. The Morgan fingerprint density at radius 1 is 1.32 bits per heavy atom. The Labute approximate surface area is 162 Å². The maximum Gasteiger partial charge on any atom is 0.270 e. The molecule has 28 heavy (non-hydrogen) atoms. The van der Waals surface area contributed by atoms with Gasteiger partial charge in [-0.1, -0.05) is 18.6 Å². The largest absolute Gasteiger partial charge is 0.490 e. The summed E-state index contributed by atoms with van der Waals surface area (Å²) in [6.07, 6.45) is 6.39. The zero-order chi connectivity index (χ0) is 19.3. The highest BCUT2D eigenvalue weighted by Gasteiger charge is 2.33. The van der Waals surface area contributed by atoms with Gasteiger partial charge in [-0.15, -0.1) is 0 Å². The zero-order valence-corrected chi connectivity index (χ0v) is 15.7. The topological polar surface area (TPSA) is 55.6 Å². The molecule has 1 aromatic carbocycles. The summed E-state index contributed by atoms with van der Waals surface area (Å²) in [5.41, 5.74) is 3.75. The lowest BCUT2D eigenvalue weighted by Gasteiger charge is -2.30. The number of rotatable bonds is 4. The van der Waals surface area contributed by atoms with Gasteiger partial charge in [0.15, 0.2) is 0 Å². The maximum atomic E-state index is 13.6. The Morgan fingerprint density at radius 2 is 2.18 bits per heavy atom. The summed E-state index contributed by atoms with van der Waals surface area (Å²) < 4.78 is 21.2. The molecule has 0 saturated heterocycles. The Morgan fingerprint density at radius 3 is 2.96 bits per heavy atom. The van der Waals surface area contributed by atoms with Gasteiger partial charge in [-0.2, -0.15) is 0 Å². The van der Waals surface area contributed by atoms with E-state index in [0.29, 0.717) is 35.6 Å². The van der Waals surface area contributed by atoms with Gasteiger partial charge in [-0.3, -0.25) is 9.20 Å². The number of halogens is 1. The van der Waals surface area contributed by atoms with E-state index in [2.05, 4.69) is 16.4 Å². The van der Waals surface area contributed by atoms with Gasteiger partial charge in [0, 0.05) is 19.2 Å². The first-order valence-electron chi connectivity index (χ1n) is 9.79. The van der Waals surface area contributed by atoms with E-state index in [-0.39, 0.29) is 5.91 Å². The normalized spacial score (nSPS) is 18.6. The molecule has 1 aliphatic carbocycles. The van der Waals surface area contributed by atoms with Crippen molar-refractivity contribution in [2.24, 2.45) is 5.92 Å². The number of amides is 1. The number of benzene rings is 1. The molecule has 5 nitrogen and oxygen atoms in total. The van der Waals surface area contributed by atoms with E-state index in [1.807, 2.05) is 12.1 Å². The number of fused-ring (bicyclic) bond motifs is 2. The fourth-order valence-corrected chi connectivity index (χ4v) is 4.19. The molecule has 1 saturated carbocycles. The number of pyridine rings is 1. The highest BCUT2D eigenvalue weighted by Crippen LogP contribution is 2.39. The van der Waals surface area contributed by atoms with Crippen molar-refractivity contribution in [1.82, 2.24) is 14.7 Å². The first kappa shape index (κ1) is 17.2. The molecule has 2 aliphatic rings. The first-order chi connectivity index (χ1) is 13.6. The van der Waals surface area contributed by atoms with Crippen LogP contribution >= 0.6 is 0 Å². The summed E-state index contributed by atoms with van der Waals surface area (Å²) in [6.45, 7) is 2.16. The van der Waals surface area contributed by atoms with Crippen LogP contribution in [0.25, 0.3) is 5.65 Å². The lowest BCUT2D eigenvalue weighted by molar-refractivity contribution is 0.0944. The van der Waals surface area contributed by atoms with Gasteiger partial charge < -0.3 is 10.1 Å². The fraction of sp³-hybridized carbons (Fsp3) is 0.364. The summed E-state index contributed by atoms with van der Waals surface area (Å²) >= 11 is 0. The molecule has 2 aromatic heterocycles. The Kier molecular flexibility index (Phi) is 4.07. The summed E-state index contributed by atoms with van der Waals surface area (Å²) in [4.78, 5) is 17.1. The molecule has 1 atom stereocenters. The summed E-state index contributed by atoms with van der Waals surface area (Å²) in [6, 6.07) is 9.02. The molecule has 1 N–H and O–H groups in total. The molecule has 1 fully saturated rings. The van der Waals surface area contributed by atoms with Crippen LogP contribution in [0.2, 0.25) is 0 Å². The lowest BCUT2D eigenvalue weighted by Crippen LogP contribution is -2.30. The Balaban J connectivity index is 1.30. The number of hydrogen-bond donors (Lipinski definition) is 1. The second-order valence-corrected chi connectivity index (χ2v) is 7.80. The number of carbonyl (C=O) groups is 1. The van der Waals surface area contributed by atoms with Crippen LogP contribution in [-0.4, -0.2) is 21.4 Å². The monoisotopic (exact) mass is 379 g/mol.